The fourth-order valence-corrected chi connectivity index (χ4v) is 5.71. The molecule has 2 bridgehead atoms. The molecule has 2 fully saturated rings. The van der Waals surface area contributed by atoms with E-state index in [0.717, 1.165) is 29.0 Å². The van der Waals surface area contributed by atoms with E-state index in [0.29, 0.717) is 11.4 Å². The predicted molar refractivity (Wildman–Crippen MR) is 73.6 cm³/mol. The quantitative estimate of drug-likeness (QED) is 0.873. The highest BCUT2D eigenvalue weighted by molar-refractivity contribution is 7.89. The van der Waals surface area contributed by atoms with E-state index in [1.54, 1.807) is 6.07 Å². The highest BCUT2D eigenvalue weighted by Crippen LogP contribution is 2.35. The van der Waals surface area contributed by atoms with E-state index in [1.165, 1.54) is 11.3 Å². The van der Waals surface area contributed by atoms with Gasteiger partial charge in [-0.2, -0.15) is 0 Å². The topological polar surface area (TPSA) is 81.4 Å². The van der Waals surface area contributed by atoms with Crippen LogP contribution in [0.1, 0.15) is 29.0 Å². The van der Waals surface area contributed by atoms with Crippen LogP contribution < -0.4 is 10.5 Å². The second-order valence-electron chi connectivity index (χ2n) is 5.17. The van der Waals surface area contributed by atoms with Gasteiger partial charge in [-0.05, 0) is 32.3 Å². The maximum Gasteiger partial charge on any atom is 0.242 e. The molecule has 0 spiro atoms. The van der Waals surface area contributed by atoms with Gasteiger partial charge in [0.05, 0.1) is 23.1 Å². The minimum atomic E-state index is -3.46. The van der Waals surface area contributed by atoms with Gasteiger partial charge in [0, 0.05) is 16.3 Å². The molecule has 5 nitrogen and oxygen atoms in total. The van der Waals surface area contributed by atoms with Gasteiger partial charge in [-0.3, -0.25) is 0 Å². The van der Waals surface area contributed by atoms with E-state index in [-0.39, 0.29) is 18.2 Å². The Bertz CT molecular complexity index is 582. The van der Waals surface area contributed by atoms with Crippen LogP contribution in [0.4, 0.5) is 0 Å². The summed E-state index contributed by atoms with van der Waals surface area (Å²) >= 11 is 1.44. The van der Waals surface area contributed by atoms with Crippen molar-refractivity contribution in [2.24, 2.45) is 5.73 Å². The highest BCUT2D eigenvalue weighted by atomic mass is 32.2. The SMILES string of the molecule is Cc1sc(CN)cc1S(=O)(=O)NC1CC2CCC1O2. The maximum absolute atomic E-state index is 12.4. The largest absolute Gasteiger partial charge is 0.373 e. The second-order valence-corrected chi connectivity index (χ2v) is 8.20. The van der Waals surface area contributed by atoms with E-state index in [4.69, 9.17) is 10.5 Å². The third-order valence-electron chi connectivity index (χ3n) is 3.83. The van der Waals surface area contributed by atoms with Crippen LogP contribution in [0.25, 0.3) is 0 Å². The Morgan fingerprint density at radius 3 is 2.84 bits per heavy atom. The van der Waals surface area contributed by atoms with Crippen molar-refractivity contribution in [3.8, 4) is 0 Å². The van der Waals surface area contributed by atoms with Gasteiger partial charge >= 0.3 is 0 Å². The van der Waals surface area contributed by atoms with Gasteiger partial charge in [0.25, 0.3) is 0 Å². The molecule has 1 aromatic rings. The van der Waals surface area contributed by atoms with Crippen LogP contribution in [0.3, 0.4) is 0 Å². The Kier molecular flexibility index (Phi) is 3.43. The van der Waals surface area contributed by atoms with Gasteiger partial charge < -0.3 is 10.5 Å². The average molecular weight is 302 g/mol. The minimum absolute atomic E-state index is 0.0488. The normalized spacial score (nSPS) is 30.1. The van der Waals surface area contributed by atoms with Crippen LogP contribution in [0.15, 0.2) is 11.0 Å². The third-order valence-corrected chi connectivity index (χ3v) is 6.64. The molecule has 0 aromatic carbocycles. The monoisotopic (exact) mass is 302 g/mol. The van der Waals surface area contributed by atoms with Gasteiger partial charge in [0.15, 0.2) is 0 Å². The molecule has 3 atom stereocenters. The lowest BCUT2D eigenvalue weighted by molar-refractivity contribution is 0.0996. The summed E-state index contributed by atoms with van der Waals surface area (Å²) in [5.41, 5.74) is 5.56. The van der Waals surface area contributed by atoms with E-state index in [2.05, 4.69) is 4.72 Å². The molecular formula is C12H18N2O3S2. The summed E-state index contributed by atoms with van der Waals surface area (Å²) in [7, 11) is -3.46. The first-order chi connectivity index (χ1) is 8.99. The zero-order valence-corrected chi connectivity index (χ0v) is 12.4. The standard InChI is InChI=1S/C12H18N2O3S2/c1-7-12(5-9(6-13)18-7)19(15,16)14-10-4-8-2-3-11(10)17-8/h5,8,10-11,14H,2-4,6,13H2,1H3. The number of rotatable bonds is 4. The molecule has 3 rings (SSSR count). The molecule has 7 heteroatoms. The molecule has 19 heavy (non-hydrogen) atoms. The first-order valence-electron chi connectivity index (χ1n) is 6.47. The number of fused-ring (bicyclic) bond motifs is 2. The van der Waals surface area contributed by atoms with Crippen molar-refractivity contribution in [3.63, 3.8) is 0 Å². The molecule has 0 amide bonds. The number of nitrogens with two attached hydrogens (primary N) is 1. The van der Waals surface area contributed by atoms with Crippen molar-refractivity contribution in [3.05, 3.63) is 15.8 Å². The fourth-order valence-electron chi connectivity index (χ4n) is 2.92. The number of hydrogen-bond acceptors (Lipinski definition) is 5. The van der Waals surface area contributed by atoms with Gasteiger partial charge in [-0.1, -0.05) is 0 Å². The van der Waals surface area contributed by atoms with Crippen LogP contribution in [0.5, 0.6) is 0 Å². The van der Waals surface area contributed by atoms with Crippen molar-refractivity contribution in [1.29, 1.82) is 0 Å². The van der Waals surface area contributed by atoms with Crippen LogP contribution in [-0.2, 0) is 21.3 Å². The lowest BCUT2D eigenvalue weighted by Crippen LogP contribution is -2.41. The molecule has 3 N–H and O–H groups in total. The first-order valence-corrected chi connectivity index (χ1v) is 8.77. The van der Waals surface area contributed by atoms with Gasteiger partial charge in [-0.25, -0.2) is 13.1 Å². The van der Waals surface area contributed by atoms with Crippen LogP contribution in [-0.4, -0.2) is 26.7 Å². The first kappa shape index (κ1) is 13.5. The maximum atomic E-state index is 12.4. The zero-order valence-electron chi connectivity index (χ0n) is 10.8. The lowest BCUT2D eigenvalue weighted by Gasteiger charge is -2.19. The van der Waals surface area contributed by atoms with E-state index < -0.39 is 10.0 Å². The summed E-state index contributed by atoms with van der Waals surface area (Å²) in [5.74, 6) is 0. The Morgan fingerprint density at radius 1 is 1.53 bits per heavy atom. The molecule has 1 aromatic heterocycles. The number of hydrogen-bond donors (Lipinski definition) is 2. The summed E-state index contributed by atoms with van der Waals surface area (Å²) in [6.07, 6.45) is 3.08. The molecular weight excluding hydrogens is 284 g/mol. The highest BCUT2D eigenvalue weighted by Gasteiger charge is 2.42. The minimum Gasteiger partial charge on any atom is -0.373 e. The van der Waals surface area contributed by atoms with Gasteiger partial charge in [-0.15, -0.1) is 11.3 Å². The van der Waals surface area contributed by atoms with Gasteiger partial charge in [0.1, 0.15) is 0 Å². The fraction of sp³-hybridized carbons (Fsp3) is 0.667. The Labute approximate surface area is 117 Å². The van der Waals surface area contributed by atoms with Crippen LogP contribution in [0.2, 0.25) is 0 Å². The predicted octanol–water partition coefficient (Wildman–Crippen LogP) is 1.11. The number of sulfonamides is 1. The van der Waals surface area contributed by atoms with Crippen molar-refractivity contribution in [2.45, 2.75) is 55.9 Å². The van der Waals surface area contributed by atoms with Gasteiger partial charge in [0.2, 0.25) is 10.0 Å². The summed E-state index contributed by atoms with van der Waals surface area (Å²) in [6, 6.07) is 1.60. The Morgan fingerprint density at radius 2 is 2.32 bits per heavy atom. The molecule has 3 unspecified atom stereocenters. The molecule has 0 saturated carbocycles. The zero-order chi connectivity index (χ0) is 13.6. The molecule has 2 aliphatic rings. The molecule has 0 aliphatic carbocycles. The van der Waals surface area contributed by atoms with Crippen molar-refractivity contribution in [2.75, 3.05) is 0 Å². The summed E-state index contributed by atoms with van der Waals surface area (Å²) in [5, 5.41) is 0. The van der Waals surface area contributed by atoms with Crippen LogP contribution >= 0.6 is 11.3 Å². The van der Waals surface area contributed by atoms with E-state index in [9.17, 15) is 8.42 Å². The second kappa shape index (κ2) is 4.82. The lowest BCUT2D eigenvalue weighted by atomic mass is 9.96. The van der Waals surface area contributed by atoms with Crippen molar-refractivity contribution < 1.29 is 13.2 Å². The van der Waals surface area contributed by atoms with Crippen molar-refractivity contribution >= 4 is 21.4 Å². The third kappa shape index (κ3) is 2.45. The number of thiophene rings is 1. The summed E-state index contributed by atoms with van der Waals surface area (Å²) < 4.78 is 33.3. The molecule has 106 valence electrons. The number of ether oxygens (including phenoxy) is 1. The molecule has 3 heterocycles. The van der Waals surface area contributed by atoms with Crippen LogP contribution in [0, 0.1) is 6.92 Å². The smallest absolute Gasteiger partial charge is 0.242 e. The summed E-state index contributed by atoms with van der Waals surface area (Å²) in [6.45, 7) is 2.19. The summed E-state index contributed by atoms with van der Waals surface area (Å²) in [4.78, 5) is 2.04. The molecule has 2 saturated heterocycles. The number of nitrogens with one attached hydrogen (secondary N) is 1. The molecule has 2 aliphatic heterocycles. The molecule has 0 radical (unpaired) electrons. The van der Waals surface area contributed by atoms with Crippen molar-refractivity contribution in [1.82, 2.24) is 4.72 Å². The van der Waals surface area contributed by atoms with E-state index in [1.807, 2.05) is 6.92 Å². The van der Waals surface area contributed by atoms with E-state index >= 15 is 0 Å². The Hall–Kier alpha value is -0.470. The average Bonchev–Trinajstić information content (AvgIpc) is 3.02. The Balaban J connectivity index is 1.80. The number of aryl methyl sites for hydroxylation is 1.